The van der Waals surface area contributed by atoms with Crippen molar-refractivity contribution in [3.63, 3.8) is 0 Å². The first-order valence-corrected chi connectivity index (χ1v) is 7.44. The molecule has 110 valence electrons. The van der Waals surface area contributed by atoms with Crippen LogP contribution in [0.4, 0.5) is 5.82 Å². The van der Waals surface area contributed by atoms with E-state index in [-0.39, 0.29) is 6.04 Å². The summed E-state index contributed by atoms with van der Waals surface area (Å²) in [6, 6.07) is 11.8. The summed E-state index contributed by atoms with van der Waals surface area (Å²) >= 11 is 11.1. The summed E-state index contributed by atoms with van der Waals surface area (Å²) in [5.74, 6) is 0.838. The van der Waals surface area contributed by atoms with Crippen molar-refractivity contribution in [1.29, 1.82) is 0 Å². The van der Waals surface area contributed by atoms with Gasteiger partial charge in [0.2, 0.25) is 0 Å². The summed E-state index contributed by atoms with van der Waals surface area (Å²) in [6.07, 6.45) is 0. The predicted molar refractivity (Wildman–Crippen MR) is 93.1 cm³/mol. The average Bonchev–Trinajstić information content (AvgIpc) is 2.45. The van der Waals surface area contributed by atoms with Gasteiger partial charge in [0.05, 0.1) is 6.04 Å². The van der Waals surface area contributed by atoms with Crippen molar-refractivity contribution in [1.82, 2.24) is 4.98 Å². The molecule has 0 saturated heterocycles. The molecule has 0 bridgehead atoms. The molecular formula is C16H18ClN3S. The fraction of sp³-hybridized carbons (Fsp3) is 0.250. The van der Waals surface area contributed by atoms with Gasteiger partial charge in [0, 0.05) is 23.3 Å². The molecule has 1 heterocycles. The molecule has 2 aromatic rings. The maximum absolute atomic E-state index is 6.06. The monoisotopic (exact) mass is 319 g/mol. The van der Waals surface area contributed by atoms with Crippen LogP contribution < -0.4 is 10.6 Å². The predicted octanol–water partition coefficient (Wildman–Crippen LogP) is 3.88. The van der Waals surface area contributed by atoms with Crippen LogP contribution in [0.1, 0.15) is 29.8 Å². The molecule has 1 aromatic carbocycles. The Bertz CT molecular complexity index is 672. The Labute approximate surface area is 135 Å². The maximum Gasteiger partial charge on any atom is 0.129 e. The number of halogens is 1. The molecule has 1 atom stereocenters. The quantitative estimate of drug-likeness (QED) is 0.869. The van der Waals surface area contributed by atoms with E-state index in [1.165, 1.54) is 0 Å². The third-order valence-corrected chi connectivity index (χ3v) is 3.97. The molecule has 0 fully saturated rings. The first-order valence-electron chi connectivity index (χ1n) is 6.65. The van der Waals surface area contributed by atoms with E-state index in [1.54, 1.807) is 0 Å². The minimum Gasteiger partial charge on any atom is -0.389 e. The van der Waals surface area contributed by atoms with Gasteiger partial charge in [-0.1, -0.05) is 36.0 Å². The van der Waals surface area contributed by atoms with Gasteiger partial charge in [-0.15, -0.1) is 0 Å². The maximum atomic E-state index is 6.06. The fourth-order valence-corrected chi connectivity index (χ4v) is 2.48. The number of pyridine rings is 1. The van der Waals surface area contributed by atoms with Gasteiger partial charge in [0.25, 0.3) is 0 Å². The number of rotatable bonds is 4. The van der Waals surface area contributed by atoms with Crippen LogP contribution in [-0.2, 0) is 0 Å². The van der Waals surface area contributed by atoms with Crippen molar-refractivity contribution < 1.29 is 0 Å². The van der Waals surface area contributed by atoms with E-state index in [4.69, 9.17) is 29.6 Å². The zero-order valence-corrected chi connectivity index (χ0v) is 13.9. The Morgan fingerprint density at radius 2 is 2.05 bits per heavy atom. The second-order valence-electron chi connectivity index (χ2n) is 5.06. The van der Waals surface area contributed by atoms with E-state index in [2.05, 4.69) is 22.9 Å². The molecule has 0 amide bonds. The molecular weight excluding hydrogens is 302 g/mol. The molecule has 0 saturated carbocycles. The zero-order chi connectivity index (χ0) is 15.6. The smallest absolute Gasteiger partial charge is 0.129 e. The van der Waals surface area contributed by atoms with Crippen LogP contribution in [0.3, 0.4) is 0 Å². The lowest BCUT2D eigenvalue weighted by Crippen LogP contribution is -2.23. The highest BCUT2D eigenvalue weighted by Gasteiger charge is 2.15. The van der Waals surface area contributed by atoms with Gasteiger partial charge in [0.1, 0.15) is 10.8 Å². The van der Waals surface area contributed by atoms with Crippen LogP contribution >= 0.6 is 23.8 Å². The Balaban J connectivity index is 2.35. The molecule has 0 aliphatic rings. The van der Waals surface area contributed by atoms with E-state index < -0.39 is 0 Å². The number of anilines is 1. The Kier molecular flexibility index (Phi) is 4.80. The Hall–Kier alpha value is -1.65. The first-order chi connectivity index (χ1) is 9.88. The topological polar surface area (TPSA) is 42.1 Å². The van der Waals surface area contributed by atoms with Crippen molar-refractivity contribution in [3.05, 3.63) is 58.2 Å². The summed E-state index contributed by atoms with van der Waals surface area (Å²) in [5, 5.41) is 0.730. The molecule has 1 aromatic heterocycles. The normalized spacial score (nSPS) is 12.0. The number of nitrogens with two attached hydrogens (primary N) is 1. The van der Waals surface area contributed by atoms with Crippen LogP contribution in [0.25, 0.3) is 0 Å². The minimum atomic E-state index is 0.136. The molecule has 2 rings (SSSR count). The number of thiocarbonyl (C=S) groups is 1. The molecule has 2 N–H and O–H groups in total. The van der Waals surface area contributed by atoms with Gasteiger partial charge in [-0.3, -0.25) is 0 Å². The number of hydrogen-bond donors (Lipinski definition) is 1. The molecule has 5 heteroatoms. The number of benzene rings is 1. The van der Waals surface area contributed by atoms with Crippen molar-refractivity contribution in [2.24, 2.45) is 5.73 Å². The molecule has 3 nitrogen and oxygen atoms in total. The Morgan fingerprint density at radius 1 is 1.33 bits per heavy atom. The molecule has 0 spiro atoms. The molecule has 0 radical (unpaired) electrons. The van der Waals surface area contributed by atoms with Gasteiger partial charge in [-0.05, 0) is 43.7 Å². The summed E-state index contributed by atoms with van der Waals surface area (Å²) < 4.78 is 0. The number of aryl methyl sites for hydroxylation is 1. The molecule has 1 unspecified atom stereocenters. The lowest BCUT2D eigenvalue weighted by Gasteiger charge is -2.27. The van der Waals surface area contributed by atoms with Gasteiger partial charge in [0.15, 0.2) is 0 Å². The van der Waals surface area contributed by atoms with Crippen LogP contribution in [-0.4, -0.2) is 17.0 Å². The minimum absolute atomic E-state index is 0.136. The lowest BCUT2D eigenvalue weighted by molar-refractivity contribution is 0.727. The van der Waals surface area contributed by atoms with Crippen LogP contribution in [0.2, 0.25) is 5.02 Å². The van der Waals surface area contributed by atoms with E-state index in [0.717, 1.165) is 27.7 Å². The summed E-state index contributed by atoms with van der Waals surface area (Å²) in [5.41, 5.74) is 8.58. The largest absolute Gasteiger partial charge is 0.389 e. The first kappa shape index (κ1) is 15.7. The SMILES string of the molecule is Cc1cc(C(N)=S)cc(N(C)C(C)c2cccc(Cl)c2)n1. The molecule has 21 heavy (non-hydrogen) atoms. The van der Waals surface area contributed by atoms with Crippen LogP contribution in [0, 0.1) is 6.92 Å². The summed E-state index contributed by atoms with van der Waals surface area (Å²) in [7, 11) is 2.00. The highest BCUT2D eigenvalue weighted by Crippen LogP contribution is 2.26. The van der Waals surface area contributed by atoms with E-state index in [9.17, 15) is 0 Å². The third kappa shape index (κ3) is 3.71. The Morgan fingerprint density at radius 3 is 2.67 bits per heavy atom. The van der Waals surface area contributed by atoms with Crippen molar-refractivity contribution in [2.75, 3.05) is 11.9 Å². The standard InChI is InChI=1S/C16H18ClN3S/c1-10-7-13(16(18)21)9-15(19-10)20(3)11(2)12-5-4-6-14(17)8-12/h4-9,11H,1-3H3,(H2,18,21). The second kappa shape index (κ2) is 6.41. The highest BCUT2D eigenvalue weighted by molar-refractivity contribution is 7.80. The highest BCUT2D eigenvalue weighted by atomic mass is 35.5. The second-order valence-corrected chi connectivity index (χ2v) is 5.94. The van der Waals surface area contributed by atoms with E-state index in [1.807, 2.05) is 44.3 Å². The lowest BCUT2D eigenvalue weighted by atomic mass is 10.1. The van der Waals surface area contributed by atoms with Crippen LogP contribution in [0.15, 0.2) is 36.4 Å². The molecule has 0 aliphatic heterocycles. The van der Waals surface area contributed by atoms with Crippen LogP contribution in [0.5, 0.6) is 0 Å². The van der Waals surface area contributed by atoms with Gasteiger partial charge in [-0.25, -0.2) is 4.98 Å². The average molecular weight is 320 g/mol. The van der Waals surface area contributed by atoms with Gasteiger partial charge < -0.3 is 10.6 Å². The van der Waals surface area contributed by atoms with Crippen molar-refractivity contribution in [3.8, 4) is 0 Å². The third-order valence-electron chi connectivity index (χ3n) is 3.50. The number of hydrogen-bond acceptors (Lipinski definition) is 3. The van der Waals surface area contributed by atoms with E-state index in [0.29, 0.717) is 4.99 Å². The van der Waals surface area contributed by atoms with Crippen molar-refractivity contribution in [2.45, 2.75) is 19.9 Å². The fourth-order valence-electron chi connectivity index (χ4n) is 2.16. The van der Waals surface area contributed by atoms with Crippen molar-refractivity contribution >= 4 is 34.6 Å². The summed E-state index contributed by atoms with van der Waals surface area (Å²) in [6.45, 7) is 4.04. The van der Waals surface area contributed by atoms with Gasteiger partial charge in [-0.2, -0.15) is 0 Å². The van der Waals surface area contributed by atoms with Gasteiger partial charge >= 0.3 is 0 Å². The van der Waals surface area contributed by atoms with E-state index >= 15 is 0 Å². The summed E-state index contributed by atoms with van der Waals surface area (Å²) in [4.78, 5) is 7.03. The zero-order valence-electron chi connectivity index (χ0n) is 12.3. The molecule has 0 aliphatic carbocycles. The number of aromatic nitrogens is 1. The number of nitrogens with zero attached hydrogens (tertiary/aromatic N) is 2.